The third kappa shape index (κ3) is 1.77. The highest BCUT2D eigenvalue weighted by Gasteiger charge is 2.49. The highest BCUT2D eigenvalue weighted by Crippen LogP contribution is 2.59. The molecular formula is C15H18N2O2. The van der Waals surface area contributed by atoms with Crippen LogP contribution in [0.5, 0.6) is 0 Å². The van der Waals surface area contributed by atoms with Gasteiger partial charge in [-0.3, -0.25) is 0 Å². The van der Waals surface area contributed by atoms with Gasteiger partial charge < -0.3 is 5.11 Å². The van der Waals surface area contributed by atoms with Gasteiger partial charge in [0.25, 0.3) is 0 Å². The van der Waals surface area contributed by atoms with Crippen molar-refractivity contribution in [3.8, 4) is 0 Å². The second-order valence-electron chi connectivity index (χ2n) is 6.63. The van der Waals surface area contributed by atoms with Crippen LogP contribution in [0.2, 0.25) is 0 Å². The van der Waals surface area contributed by atoms with Crippen molar-refractivity contribution in [3.05, 3.63) is 23.5 Å². The first-order valence-electron chi connectivity index (χ1n) is 7.26. The molecule has 1 heterocycles. The molecule has 1 aromatic rings. The van der Waals surface area contributed by atoms with E-state index in [0.717, 1.165) is 29.4 Å². The van der Waals surface area contributed by atoms with Crippen LogP contribution in [0.3, 0.4) is 0 Å². The fraction of sp³-hybridized carbons (Fsp3) is 0.667. The molecule has 4 bridgehead atoms. The summed E-state index contributed by atoms with van der Waals surface area (Å²) >= 11 is 0. The van der Waals surface area contributed by atoms with Crippen molar-refractivity contribution >= 4 is 5.97 Å². The van der Waals surface area contributed by atoms with Crippen LogP contribution in [0.1, 0.15) is 54.1 Å². The van der Waals surface area contributed by atoms with Gasteiger partial charge in [-0.1, -0.05) is 0 Å². The molecule has 0 saturated heterocycles. The molecule has 19 heavy (non-hydrogen) atoms. The molecule has 4 heteroatoms. The standard InChI is InChI=1S/C15H18N2O2/c18-15(19)12-6-13(17-16-7-12)14-10-2-8-1-9(4-10)5-11(14)3-8/h6-11,14H,1-5H2,(H,18,19). The lowest BCUT2D eigenvalue weighted by atomic mass is 9.51. The molecule has 4 aliphatic rings. The summed E-state index contributed by atoms with van der Waals surface area (Å²) in [6, 6.07) is 1.75. The summed E-state index contributed by atoms with van der Waals surface area (Å²) in [5.74, 6) is 2.84. The van der Waals surface area contributed by atoms with Crippen LogP contribution in [-0.2, 0) is 0 Å². The van der Waals surface area contributed by atoms with Gasteiger partial charge in [0.2, 0.25) is 0 Å². The van der Waals surface area contributed by atoms with Crippen LogP contribution in [-0.4, -0.2) is 21.3 Å². The summed E-state index contributed by atoms with van der Waals surface area (Å²) in [5.41, 5.74) is 1.20. The van der Waals surface area contributed by atoms with E-state index in [9.17, 15) is 4.79 Å². The van der Waals surface area contributed by atoms with Crippen LogP contribution in [0.4, 0.5) is 0 Å². The normalized spacial score (nSPS) is 39.5. The van der Waals surface area contributed by atoms with Crippen LogP contribution >= 0.6 is 0 Å². The molecule has 0 amide bonds. The van der Waals surface area contributed by atoms with E-state index in [0.29, 0.717) is 5.92 Å². The Bertz CT molecular complexity index is 501. The predicted molar refractivity (Wildman–Crippen MR) is 68.8 cm³/mol. The number of hydrogen-bond donors (Lipinski definition) is 1. The number of hydrogen-bond acceptors (Lipinski definition) is 3. The second kappa shape index (κ2) is 4.02. The molecular weight excluding hydrogens is 240 g/mol. The molecule has 0 aromatic carbocycles. The quantitative estimate of drug-likeness (QED) is 0.886. The first kappa shape index (κ1) is 11.4. The van der Waals surface area contributed by atoms with E-state index < -0.39 is 5.97 Å². The summed E-state index contributed by atoms with van der Waals surface area (Å²) in [6.07, 6.45) is 8.04. The summed E-state index contributed by atoms with van der Waals surface area (Å²) in [6.45, 7) is 0. The van der Waals surface area contributed by atoms with E-state index >= 15 is 0 Å². The Hall–Kier alpha value is -1.45. The van der Waals surface area contributed by atoms with Gasteiger partial charge in [-0.25, -0.2) is 4.79 Å². The molecule has 4 fully saturated rings. The van der Waals surface area contributed by atoms with Crippen molar-refractivity contribution in [3.63, 3.8) is 0 Å². The van der Waals surface area contributed by atoms with Crippen molar-refractivity contribution in [2.75, 3.05) is 0 Å². The van der Waals surface area contributed by atoms with E-state index in [2.05, 4.69) is 10.2 Å². The molecule has 1 N–H and O–H groups in total. The van der Waals surface area contributed by atoms with Gasteiger partial charge in [0, 0.05) is 5.92 Å². The minimum atomic E-state index is -0.903. The molecule has 0 spiro atoms. The van der Waals surface area contributed by atoms with Gasteiger partial charge in [0.05, 0.1) is 17.5 Å². The van der Waals surface area contributed by atoms with Crippen molar-refractivity contribution in [1.82, 2.24) is 10.2 Å². The summed E-state index contributed by atoms with van der Waals surface area (Å²) < 4.78 is 0. The van der Waals surface area contributed by atoms with Crippen molar-refractivity contribution in [1.29, 1.82) is 0 Å². The number of aromatic nitrogens is 2. The highest BCUT2D eigenvalue weighted by molar-refractivity contribution is 5.87. The van der Waals surface area contributed by atoms with Gasteiger partial charge >= 0.3 is 5.97 Å². The molecule has 0 aliphatic heterocycles. The van der Waals surface area contributed by atoms with Gasteiger partial charge in [0.1, 0.15) is 0 Å². The lowest BCUT2D eigenvalue weighted by molar-refractivity contribution is -0.00448. The van der Waals surface area contributed by atoms with Crippen molar-refractivity contribution in [2.24, 2.45) is 23.7 Å². The predicted octanol–water partition coefficient (Wildman–Crippen LogP) is 2.71. The third-order valence-electron chi connectivity index (χ3n) is 5.49. The topological polar surface area (TPSA) is 63.1 Å². The smallest absolute Gasteiger partial charge is 0.337 e. The number of nitrogens with zero attached hydrogens (tertiary/aromatic N) is 2. The average molecular weight is 258 g/mol. The fourth-order valence-electron chi connectivity index (χ4n) is 5.07. The van der Waals surface area contributed by atoms with E-state index in [-0.39, 0.29) is 5.56 Å². The molecule has 4 saturated carbocycles. The molecule has 0 unspecified atom stereocenters. The Labute approximate surface area is 112 Å². The molecule has 0 radical (unpaired) electrons. The van der Waals surface area contributed by atoms with Crippen LogP contribution in [0.15, 0.2) is 12.3 Å². The van der Waals surface area contributed by atoms with Gasteiger partial charge in [-0.05, 0) is 61.8 Å². The summed E-state index contributed by atoms with van der Waals surface area (Å²) in [7, 11) is 0. The summed E-state index contributed by atoms with van der Waals surface area (Å²) in [5, 5.41) is 17.3. The Morgan fingerprint density at radius 2 is 1.74 bits per heavy atom. The molecule has 5 rings (SSSR count). The van der Waals surface area contributed by atoms with Gasteiger partial charge in [-0.2, -0.15) is 10.2 Å². The van der Waals surface area contributed by atoms with Crippen LogP contribution < -0.4 is 0 Å². The summed E-state index contributed by atoms with van der Waals surface area (Å²) in [4.78, 5) is 11.1. The first-order valence-corrected chi connectivity index (χ1v) is 7.26. The number of carbonyl (C=O) groups is 1. The minimum Gasteiger partial charge on any atom is -0.478 e. The lowest BCUT2D eigenvalue weighted by Gasteiger charge is -2.54. The SMILES string of the molecule is O=C(O)c1cnnc(C2C3CC4CC(C3)CC2C4)c1. The third-order valence-corrected chi connectivity index (χ3v) is 5.49. The molecule has 4 nitrogen and oxygen atoms in total. The molecule has 0 atom stereocenters. The number of carboxylic acid groups (broad SMARTS) is 1. The van der Waals surface area contributed by atoms with Crippen molar-refractivity contribution < 1.29 is 9.90 Å². The van der Waals surface area contributed by atoms with E-state index in [4.69, 9.17) is 5.11 Å². The van der Waals surface area contributed by atoms with Crippen molar-refractivity contribution in [2.45, 2.75) is 38.0 Å². The van der Waals surface area contributed by atoms with E-state index in [1.165, 1.54) is 38.3 Å². The minimum absolute atomic E-state index is 0.277. The Morgan fingerprint density at radius 3 is 2.32 bits per heavy atom. The monoisotopic (exact) mass is 258 g/mol. The number of carboxylic acids is 1. The van der Waals surface area contributed by atoms with Gasteiger partial charge in [-0.15, -0.1) is 0 Å². The highest BCUT2D eigenvalue weighted by atomic mass is 16.4. The zero-order valence-electron chi connectivity index (χ0n) is 10.8. The zero-order chi connectivity index (χ0) is 13.0. The van der Waals surface area contributed by atoms with Crippen LogP contribution in [0.25, 0.3) is 0 Å². The molecule has 4 aliphatic carbocycles. The van der Waals surface area contributed by atoms with E-state index in [1.54, 1.807) is 6.07 Å². The maximum absolute atomic E-state index is 11.1. The van der Waals surface area contributed by atoms with E-state index in [1.807, 2.05) is 0 Å². The Morgan fingerprint density at radius 1 is 1.11 bits per heavy atom. The maximum Gasteiger partial charge on any atom is 0.337 e. The fourth-order valence-corrected chi connectivity index (χ4v) is 5.07. The Kier molecular flexibility index (Phi) is 2.41. The second-order valence-corrected chi connectivity index (χ2v) is 6.63. The molecule has 100 valence electrons. The zero-order valence-corrected chi connectivity index (χ0v) is 10.8. The van der Waals surface area contributed by atoms with Crippen LogP contribution in [0, 0.1) is 23.7 Å². The first-order chi connectivity index (χ1) is 9.20. The maximum atomic E-state index is 11.1. The van der Waals surface area contributed by atoms with Gasteiger partial charge in [0.15, 0.2) is 0 Å². The Balaban J connectivity index is 1.69. The lowest BCUT2D eigenvalue weighted by Crippen LogP contribution is -2.44. The average Bonchev–Trinajstić information content (AvgIpc) is 2.37. The molecule has 1 aromatic heterocycles. The number of aromatic carboxylic acids is 1. The largest absolute Gasteiger partial charge is 0.478 e. The number of rotatable bonds is 2.